The van der Waals surface area contributed by atoms with Gasteiger partial charge in [-0.2, -0.15) is 5.10 Å². The Kier molecular flexibility index (Phi) is 5.39. The van der Waals surface area contributed by atoms with Crippen molar-refractivity contribution >= 4 is 11.4 Å². The fourth-order valence-corrected chi connectivity index (χ4v) is 2.81. The summed E-state index contributed by atoms with van der Waals surface area (Å²) in [5.74, 6) is 0. The highest BCUT2D eigenvalue weighted by molar-refractivity contribution is 6.14. The van der Waals surface area contributed by atoms with Gasteiger partial charge >= 0.3 is 0 Å². The molecule has 124 valence electrons. The second-order valence-electron chi connectivity index (χ2n) is 5.87. The number of aliphatic hydroxyl groups is 1. The van der Waals surface area contributed by atoms with Crippen molar-refractivity contribution in [2.75, 3.05) is 5.01 Å². The molecule has 4 heteroatoms. The van der Waals surface area contributed by atoms with Gasteiger partial charge in [0.25, 0.3) is 0 Å². The van der Waals surface area contributed by atoms with Gasteiger partial charge in [0.15, 0.2) is 6.23 Å². The summed E-state index contributed by atoms with van der Waals surface area (Å²) in [7, 11) is 0. The third kappa shape index (κ3) is 3.54. The molecule has 0 fully saturated rings. The van der Waals surface area contributed by atoms with Crippen LogP contribution in [0.4, 0.5) is 5.69 Å². The highest BCUT2D eigenvalue weighted by atomic mass is 16.3. The maximum Gasteiger partial charge on any atom is 0.175 e. The number of hydrazone groups is 1. The molecule has 1 aliphatic heterocycles. The average molecular weight is 321 g/mol. The van der Waals surface area contributed by atoms with Gasteiger partial charge in [-0.3, -0.25) is 4.98 Å². The number of rotatable bonds is 6. The van der Waals surface area contributed by atoms with Crippen LogP contribution in [-0.2, 0) is 0 Å². The zero-order chi connectivity index (χ0) is 16.8. The second-order valence-corrected chi connectivity index (χ2v) is 5.87. The molecule has 3 rings (SSSR count). The van der Waals surface area contributed by atoms with Crippen LogP contribution in [-0.4, -0.2) is 22.0 Å². The maximum atomic E-state index is 10.8. The Morgan fingerprint density at radius 1 is 1.08 bits per heavy atom. The predicted octanol–water partition coefficient (Wildman–Crippen LogP) is 4.13. The minimum absolute atomic E-state index is 0.753. The number of hydrogen-bond donors (Lipinski definition) is 1. The predicted molar refractivity (Wildman–Crippen MR) is 97.9 cm³/mol. The molecular weight excluding hydrogens is 298 g/mol. The Morgan fingerprint density at radius 3 is 2.58 bits per heavy atom. The molecule has 0 radical (unpaired) electrons. The fraction of sp³-hybridized carbons (Fsp3) is 0.300. The van der Waals surface area contributed by atoms with Gasteiger partial charge in [-0.25, -0.2) is 5.01 Å². The first-order valence-electron chi connectivity index (χ1n) is 8.54. The number of unbranched alkanes of at least 4 members (excludes halogenated alkanes) is 3. The Hall–Kier alpha value is -2.46. The van der Waals surface area contributed by atoms with Crippen molar-refractivity contribution in [3.63, 3.8) is 0 Å². The summed E-state index contributed by atoms with van der Waals surface area (Å²) in [5, 5.41) is 17.1. The lowest BCUT2D eigenvalue weighted by atomic mass is 10.0. The molecule has 0 saturated heterocycles. The Morgan fingerprint density at radius 2 is 1.88 bits per heavy atom. The SMILES string of the molecule is CCCCCC=C1C(c2ccccn2)=NN(c2ccccc2)C1O. The molecule has 1 aromatic carbocycles. The summed E-state index contributed by atoms with van der Waals surface area (Å²) in [6, 6.07) is 15.5. The van der Waals surface area contributed by atoms with E-state index in [-0.39, 0.29) is 0 Å². The zero-order valence-electron chi connectivity index (χ0n) is 14.0. The molecule has 0 aliphatic carbocycles. The van der Waals surface area contributed by atoms with Crippen LogP contribution in [0.1, 0.15) is 38.3 Å². The fourth-order valence-electron chi connectivity index (χ4n) is 2.81. The monoisotopic (exact) mass is 321 g/mol. The quantitative estimate of drug-likeness (QED) is 0.814. The van der Waals surface area contributed by atoms with Gasteiger partial charge in [0, 0.05) is 11.8 Å². The highest BCUT2D eigenvalue weighted by Gasteiger charge is 2.32. The number of aromatic nitrogens is 1. The Balaban J connectivity index is 1.93. The lowest BCUT2D eigenvalue weighted by Gasteiger charge is -2.19. The van der Waals surface area contributed by atoms with Crippen molar-refractivity contribution < 1.29 is 5.11 Å². The molecule has 0 saturated carbocycles. The van der Waals surface area contributed by atoms with Crippen LogP contribution in [0.15, 0.2) is 71.5 Å². The van der Waals surface area contributed by atoms with Crippen molar-refractivity contribution in [2.24, 2.45) is 5.10 Å². The Labute approximate surface area is 143 Å². The molecule has 2 heterocycles. The molecule has 0 bridgehead atoms. The Bertz CT molecular complexity index is 710. The van der Waals surface area contributed by atoms with E-state index in [4.69, 9.17) is 0 Å². The maximum absolute atomic E-state index is 10.8. The largest absolute Gasteiger partial charge is 0.368 e. The van der Waals surface area contributed by atoms with Gasteiger partial charge in [-0.05, 0) is 37.1 Å². The number of allylic oxidation sites excluding steroid dienone is 1. The summed E-state index contributed by atoms with van der Waals surface area (Å²) in [6.45, 7) is 2.19. The summed E-state index contributed by atoms with van der Waals surface area (Å²) >= 11 is 0. The molecule has 0 amide bonds. The van der Waals surface area contributed by atoms with Crippen molar-refractivity contribution in [3.05, 3.63) is 72.1 Å². The zero-order valence-corrected chi connectivity index (χ0v) is 14.0. The van der Waals surface area contributed by atoms with Crippen molar-refractivity contribution in [3.8, 4) is 0 Å². The van der Waals surface area contributed by atoms with Gasteiger partial charge < -0.3 is 5.11 Å². The molecule has 24 heavy (non-hydrogen) atoms. The van der Waals surface area contributed by atoms with E-state index in [0.717, 1.165) is 35.5 Å². The molecule has 1 aliphatic rings. The summed E-state index contributed by atoms with van der Waals surface area (Å²) in [4.78, 5) is 4.41. The molecule has 2 aromatic rings. The van der Waals surface area contributed by atoms with Crippen LogP contribution >= 0.6 is 0 Å². The minimum atomic E-state index is -0.772. The number of para-hydroxylation sites is 1. The lowest BCUT2D eigenvalue weighted by molar-refractivity contribution is 0.218. The molecule has 1 aromatic heterocycles. The van der Waals surface area contributed by atoms with E-state index in [1.807, 2.05) is 48.5 Å². The third-order valence-electron chi connectivity index (χ3n) is 4.09. The van der Waals surface area contributed by atoms with Gasteiger partial charge in [0.1, 0.15) is 5.71 Å². The van der Waals surface area contributed by atoms with E-state index in [9.17, 15) is 5.11 Å². The highest BCUT2D eigenvalue weighted by Crippen LogP contribution is 2.29. The van der Waals surface area contributed by atoms with Crippen LogP contribution < -0.4 is 5.01 Å². The summed E-state index contributed by atoms with van der Waals surface area (Å²) in [5.41, 5.74) is 3.25. The first-order chi connectivity index (χ1) is 11.8. The normalized spacial score (nSPS) is 18.9. The van der Waals surface area contributed by atoms with Crippen LogP contribution in [0, 0.1) is 0 Å². The van der Waals surface area contributed by atoms with Crippen LogP contribution in [0.2, 0.25) is 0 Å². The number of pyridine rings is 1. The smallest absolute Gasteiger partial charge is 0.175 e. The number of anilines is 1. The van der Waals surface area contributed by atoms with E-state index >= 15 is 0 Å². The molecule has 1 unspecified atom stereocenters. The first kappa shape index (κ1) is 16.4. The molecule has 0 spiro atoms. The number of aliphatic hydroxyl groups excluding tert-OH is 1. The standard InChI is InChI=1S/C20H23N3O/c1-2-3-4-8-13-17-19(18-14-9-10-15-21-18)22-23(20(17)24)16-11-6-5-7-12-16/h5-7,9-15,20,24H,2-4,8H2,1H3. The molecule has 1 atom stereocenters. The van der Waals surface area contributed by atoms with E-state index in [2.05, 4.69) is 23.1 Å². The molecular formula is C20H23N3O. The van der Waals surface area contributed by atoms with Gasteiger partial charge in [0.2, 0.25) is 0 Å². The molecule has 4 nitrogen and oxygen atoms in total. The van der Waals surface area contributed by atoms with E-state index in [1.165, 1.54) is 12.8 Å². The average Bonchev–Trinajstić information content (AvgIpc) is 2.97. The first-order valence-corrected chi connectivity index (χ1v) is 8.54. The van der Waals surface area contributed by atoms with E-state index < -0.39 is 6.23 Å². The van der Waals surface area contributed by atoms with Gasteiger partial charge in [0.05, 0.1) is 11.4 Å². The molecule has 1 N–H and O–H groups in total. The van der Waals surface area contributed by atoms with Crippen molar-refractivity contribution in [1.82, 2.24) is 4.98 Å². The lowest BCUT2D eigenvalue weighted by Crippen LogP contribution is -2.27. The van der Waals surface area contributed by atoms with Gasteiger partial charge in [-0.1, -0.05) is 50.1 Å². The van der Waals surface area contributed by atoms with Crippen LogP contribution in [0.5, 0.6) is 0 Å². The number of benzene rings is 1. The van der Waals surface area contributed by atoms with E-state index in [1.54, 1.807) is 11.2 Å². The van der Waals surface area contributed by atoms with Crippen LogP contribution in [0.25, 0.3) is 0 Å². The summed E-state index contributed by atoms with van der Waals surface area (Å²) in [6.07, 6.45) is 7.52. The van der Waals surface area contributed by atoms with E-state index in [0.29, 0.717) is 0 Å². The van der Waals surface area contributed by atoms with Crippen molar-refractivity contribution in [2.45, 2.75) is 38.8 Å². The van der Waals surface area contributed by atoms with Crippen molar-refractivity contribution in [1.29, 1.82) is 0 Å². The topological polar surface area (TPSA) is 48.7 Å². The number of hydrogen-bond acceptors (Lipinski definition) is 4. The number of nitrogens with zero attached hydrogens (tertiary/aromatic N) is 3. The summed E-state index contributed by atoms with van der Waals surface area (Å²) < 4.78 is 0. The minimum Gasteiger partial charge on any atom is -0.368 e. The third-order valence-corrected chi connectivity index (χ3v) is 4.09. The van der Waals surface area contributed by atoms with Crippen LogP contribution in [0.3, 0.4) is 0 Å². The van der Waals surface area contributed by atoms with Gasteiger partial charge in [-0.15, -0.1) is 0 Å². The second kappa shape index (κ2) is 7.88.